The van der Waals surface area contributed by atoms with Gasteiger partial charge in [-0.15, -0.1) is 11.8 Å². The van der Waals surface area contributed by atoms with Crippen LogP contribution in [0.3, 0.4) is 0 Å². The zero-order valence-corrected chi connectivity index (χ0v) is 18.0. The molecule has 0 unspecified atom stereocenters. The van der Waals surface area contributed by atoms with E-state index in [2.05, 4.69) is 10.5 Å². The number of esters is 1. The van der Waals surface area contributed by atoms with Crippen molar-refractivity contribution in [3.8, 4) is 5.75 Å². The van der Waals surface area contributed by atoms with Crippen LogP contribution in [0.5, 0.6) is 5.75 Å². The normalized spacial score (nSPS) is 11.8. The largest absolute Gasteiger partial charge is 0.482 e. The Balaban J connectivity index is 1.73. The molecule has 0 fully saturated rings. The molecule has 8 heteroatoms. The molecule has 1 N–H and O–H groups in total. The summed E-state index contributed by atoms with van der Waals surface area (Å²) in [5.41, 5.74) is 3.34. The third kappa shape index (κ3) is 9.06. The molecule has 2 aromatic rings. The van der Waals surface area contributed by atoms with Crippen LogP contribution in [0.2, 0.25) is 0 Å². The maximum Gasteiger partial charge on any atom is 0.344 e. The second-order valence-electron chi connectivity index (χ2n) is 5.88. The van der Waals surface area contributed by atoms with Crippen LogP contribution in [0.25, 0.3) is 0 Å². The van der Waals surface area contributed by atoms with Gasteiger partial charge in [0, 0.05) is 10.6 Å². The van der Waals surface area contributed by atoms with Crippen LogP contribution >= 0.6 is 23.5 Å². The van der Waals surface area contributed by atoms with E-state index >= 15 is 0 Å². The van der Waals surface area contributed by atoms with Crippen molar-refractivity contribution in [3.63, 3.8) is 0 Å². The number of hydrogen-bond acceptors (Lipinski definition) is 7. The summed E-state index contributed by atoms with van der Waals surface area (Å²) in [5, 5.41) is 3.73. The van der Waals surface area contributed by atoms with Crippen LogP contribution in [-0.2, 0) is 14.3 Å². The van der Waals surface area contributed by atoms with Crippen molar-refractivity contribution < 1.29 is 19.1 Å². The van der Waals surface area contributed by atoms with Crippen LogP contribution in [0, 0.1) is 0 Å². The molecule has 0 saturated heterocycles. The maximum atomic E-state index is 12.1. The first-order valence-corrected chi connectivity index (χ1v) is 11.3. The number of nitrogens with zero attached hydrogens (tertiary/aromatic N) is 1. The van der Waals surface area contributed by atoms with Crippen LogP contribution in [0.1, 0.15) is 12.5 Å². The fourth-order valence-corrected chi connectivity index (χ4v) is 3.22. The lowest BCUT2D eigenvalue weighted by atomic mass is 10.2. The van der Waals surface area contributed by atoms with Gasteiger partial charge in [-0.25, -0.2) is 10.2 Å². The summed E-state index contributed by atoms with van der Waals surface area (Å²) < 4.78 is 10.4. The van der Waals surface area contributed by atoms with E-state index in [0.717, 1.165) is 16.2 Å². The zero-order valence-electron chi connectivity index (χ0n) is 16.4. The zero-order chi connectivity index (χ0) is 20.9. The number of amides is 1. The van der Waals surface area contributed by atoms with E-state index in [0.29, 0.717) is 12.4 Å². The van der Waals surface area contributed by atoms with Gasteiger partial charge in [0.1, 0.15) is 12.4 Å². The van der Waals surface area contributed by atoms with E-state index in [1.54, 1.807) is 42.2 Å². The van der Waals surface area contributed by atoms with E-state index in [1.165, 1.54) is 11.8 Å². The monoisotopic (exact) mass is 432 g/mol. The average Bonchev–Trinajstić information content (AvgIpc) is 2.74. The first-order valence-electron chi connectivity index (χ1n) is 9.00. The molecule has 0 aliphatic carbocycles. The molecule has 154 valence electrons. The molecule has 1 amide bonds. The Labute approximate surface area is 179 Å². The van der Waals surface area contributed by atoms with Crippen molar-refractivity contribution in [2.45, 2.75) is 17.1 Å². The first-order chi connectivity index (χ1) is 14.1. The second-order valence-corrected chi connectivity index (χ2v) is 8.28. The predicted molar refractivity (Wildman–Crippen MR) is 119 cm³/mol. The molecule has 0 spiro atoms. The van der Waals surface area contributed by atoms with E-state index in [1.807, 2.05) is 43.5 Å². The van der Waals surface area contributed by atoms with Gasteiger partial charge in [-0.3, -0.25) is 4.79 Å². The maximum absolute atomic E-state index is 12.1. The molecule has 0 saturated carbocycles. The topological polar surface area (TPSA) is 77.0 Å². The van der Waals surface area contributed by atoms with Crippen molar-refractivity contribution in [2.24, 2.45) is 5.10 Å². The van der Waals surface area contributed by atoms with Crippen LogP contribution in [0.15, 0.2) is 64.6 Å². The summed E-state index contributed by atoms with van der Waals surface area (Å²) >= 11 is 3.08. The Kier molecular flexibility index (Phi) is 10.2. The third-order valence-electron chi connectivity index (χ3n) is 3.60. The molecule has 0 aliphatic heterocycles. The summed E-state index contributed by atoms with van der Waals surface area (Å²) in [6.45, 7) is 2.09. The number of rotatable bonds is 11. The van der Waals surface area contributed by atoms with Gasteiger partial charge in [-0.05, 0) is 55.1 Å². The summed E-state index contributed by atoms with van der Waals surface area (Å²) in [5.74, 6) is 0.755. The lowest BCUT2D eigenvalue weighted by Gasteiger charge is -2.09. The number of hydrazone groups is 1. The van der Waals surface area contributed by atoms with E-state index in [9.17, 15) is 9.59 Å². The third-order valence-corrected chi connectivity index (χ3v) is 5.29. The number of benzene rings is 2. The van der Waals surface area contributed by atoms with Gasteiger partial charge in [0.05, 0.1) is 11.5 Å². The van der Waals surface area contributed by atoms with Crippen LogP contribution < -0.4 is 10.2 Å². The number of nitrogens with one attached hydrogen (secondary N) is 1. The van der Waals surface area contributed by atoms with Crippen molar-refractivity contribution >= 4 is 41.6 Å². The fraction of sp³-hybridized carbons (Fsp3) is 0.286. The molecule has 0 heterocycles. The standard InChI is InChI=1S/C21H24N2O4S2/c1-16(29-19-6-4-3-5-7-19)21(25)23-22-14-17-8-10-18(11-9-17)27-15-20(24)26-12-13-28-2/h3-11,14,16H,12-13,15H2,1-2H3,(H,23,25)/b22-14-/t16-/m0/s1. The molecule has 0 aliphatic rings. The molecule has 2 rings (SSSR count). The molecule has 6 nitrogen and oxygen atoms in total. The molecule has 2 aromatic carbocycles. The number of thioether (sulfide) groups is 2. The number of carbonyl (C=O) groups is 2. The first kappa shape index (κ1) is 22.8. The second kappa shape index (κ2) is 12.9. The minimum absolute atomic E-state index is 0.130. The minimum Gasteiger partial charge on any atom is -0.482 e. The van der Waals surface area contributed by atoms with Gasteiger partial charge in [-0.1, -0.05) is 18.2 Å². The van der Waals surface area contributed by atoms with E-state index in [-0.39, 0.29) is 17.8 Å². The van der Waals surface area contributed by atoms with Gasteiger partial charge in [0.15, 0.2) is 6.61 Å². The molecule has 0 aromatic heterocycles. The van der Waals surface area contributed by atoms with Gasteiger partial charge in [0.2, 0.25) is 0 Å². The number of ether oxygens (including phenoxy) is 2. The quantitative estimate of drug-likeness (QED) is 0.192. The minimum atomic E-state index is -0.394. The average molecular weight is 433 g/mol. The molecule has 0 bridgehead atoms. The van der Waals surface area contributed by atoms with Gasteiger partial charge in [-0.2, -0.15) is 16.9 Å². The van der Waals surface area contributed by atoms with Gasteiger partial charge >= 0.3 is 5.97 Å². The van der Waals surface area contributed by atoms with Crippen LogP contribution in [-0.4, -0.2) is 48.6 Å². The van der Waals surface area contributed by atoms with Crippen molar-refractivity contribution in [3.05, 3.63) is 60.2 Å². The Bertz CT molecular complexity index is 798. The molecule has 1 atom stereocenters. The summed E-state index contributed by atoms with van der Waals surface area (Å²) in [6.07, 6.45) is 3.50. The number of hydrogen-bond donors (Lipinski definition) is 1. The SMILES string of the molecule is CSCCOC(=O)COc1ccc(/C=N\NC(=O)[C@H](C)Sc2ccccc2)cc1. The Morgan fingerprint density at radius 3 is 2.55 bits per heavy atom. The summed E-state index contributed by atoms with van der Waals surface area (Å²) in [4.78, 5) is 24.7. The summed E-state index contributed by atoms with van der Waals surface area (Å²) in [7, 11) is 0. The van der Waals surface area contributed by atoms with Gasteiger partial charge < -0.3 is 9.47 Å². The lowest BCUT2D eigenvalue weighted by molar-refractivity contribution is -0.145. The summed E-state index contributed by atoms with van der Waals surface area (Å²) in [6, 6.07) is 16.8. The highest BCUT2D eigenvalue weighted by molar-refractivity contribution is 8.00. The Hall–Kier alpha value is -2.45. The number of carbonyl (C=O) groups excluding carboxylic acids is 2. The molecular formula is C21H24N2O4S2. The van der Waals surface area contributed by atoms with Crippen molar-refractivity contribution in [2.75, 3.05) is 25.2 Å². The highest BCUT2D eigenvalue weighted by Gasteiger charge is 2.13. The fourth-order valence-electron chi connectivity index (χ4n) is 2.09. The van der Waals surface area contributed by atoms with Crippen molar-refractivity contribution in [1.29, 1.82) is 0 Å². The smallest absolute Gasteiger partial charge is 0.344 e. The Morgan fingerprint density at radius 2 is 1.86 bits per heavy atom. The van der Waals surface area contributed by atoms with Crippen LogP contribution in [0.4, 0.5) is 0 Å². The Morgan fingerprint density at radius 1 is 1.14 bits per heavy atom. The molecular weight excluding hydrogens is 408 g/mol. The van der Waals surface area contributed by atoms with E-state index in [4.69, 9.17) is 9.47 Å². The molecule has 29 heavy (non-hydrogen) atoms. The predicted octanol–water partition coefficient (Wildman–Crippen LogP) is 3.60. The van der Waals surface area contributed by atoms with Gasteiger partial charge in [0.25, 0.3) is 5.91 Å². The lowest BCUT2D eigenvalue weighted by Crippen LogP contribution is -2.26. The molecule has 0 radical (unpaired) electrons. The van der Waals surface area contributed by atoms with E-state index < -0.39 is 5.97 Å². The van der Waals surface area contributed by atoms with Crippen molar-refractivity contribution in [1.82, 2.24) is 5.43 Å². The highest BCUT2D eigenvalue weighted by atomic mass is 32.2. The highest BCUT2D eigenvalue weighted by Crippen LogP contribution is 2.22.